The standard InChI is InChI=1S/C25H30N2O4S/c1-3-15-26(20-14-13-19-9-8-11-23(31-2)22(19)18-20)16-6-7-17-27-25(28)21-10-4-5-12-24(21)32(27,29)30/h4-12,20H,3,13-18H2,1-2H3/b7-6+. The second kappa shape index (κ2) is 9.46. The number of hydrogen-bond acceptors (Lipinski definition) is 5. The summed E-state index contributed by atoms with van der Waals surface area (Å²) in [4.78, 5) is 15.1. The number of sulfonamides is 1. The molecule has 6 nitrogen and oxygen atoms in total. The first-order chi connectivity index (χ1) is 15.5. The van der Waals surface area contributed by atoms with Gasteiger partial charge in [0.15, 0.2) is 0 Å². The van der Waals surface area contributed by atoms with Crippen LogP contribution in [0.3, 0.4) is 0 Å². The summed E-state index contributed by atoms with van der Waals surface area (Å²) in [5.41, 5.74) is 2.91. The lowest BCUT2D eigenvalue weighted by Gasteiger charge is -2.35. The van der Waals surface area contributed by atoms with Gasteiger partial charge in [-0.05, 0) is 61.6 Å². The molecule has 2 aromatic carbocycles. The van der Waals surface area contributed by atoms with Crippen LogP contribution in [-0.2, 0) is 22.9 Å². The Bertz CT molecular complexity index is 1110. The van der Waals surface area contributed by atoms with E-state index in [1.165, 1.54) is 17.2 Å². The highest BCUT2D eigenvalue weighted by atomic mass is 32.2. The van der Waals surface area contributed by atoms with Gasteiger partial charge < -0.3 is 4.74 Å². The first-order valence-electron chi connectivity index (χ1n) is 11.2. The molecule has 0 saturated heterocycles. The normalized spacial score (nSPS) is 19.4. The smallest absolute Gasteiger partial charge is 0.269 e. The van der Waals surface area contributed by atoms with Gasteiger partial charge in [-0.1, -0.05) is 43.3 Å². The molecule has 0 spiro atoms. The van der Waals surface area contributed by atoms with E-state index in [0.29, 0.717) is 6.04 Å². The molecule has 1 amide bonds. The van der Waals surface area contributed by atoms with E-state index in [1.54, 1.807) is 31.4 Å². The molecule has 0 bridgehead atoms. The highest BCUT2D eigenvalue weighted by molar-refractivity contribution is 7.90. The number of fused-ring (bicyclic) bond motifs is 2. The molecule has 4 rings (SSSR count). The average molecular weight is 455 g/mol. The molecule has 0 N–H and O–H groups in total. The molecule has 1 unspecified atom stereocenters. The first-order valence-corrected chi connectivity index (χ1v) is 12.6. The van der Waals surface area contributed by atoms with Gasteiger partial charge in [-0.2, -0.15) is 0 Å². The summed E-state index contributed by atoms with van der Waals surface area (Å²) in [5.74, 6) is 0.503. The van der Waals surface area contributed by atoms with Crippen molar-refractivity contribution in [2.24, 2.45) is 0 Å². The van der Waals surface area contributed by atoms with Crippen molar-refractivity contribution >= 4 is 15.9 Å². The molecule has 1 atom stereocenters. The molecule has 1 aliphatic carbocycles. The Hall–Kier alpha value is -2.64. The van der Waals surface area contributed by atoms with Gasteiger partial charge in [-0.3, -0.25) is 9.69 Å². The maximum absolute atomic E-state index is 12.7. The predicted molar refractivity (Wildman–Crippen MR) is 124 cm³/mol. The lowest BCUT2D eigenvalue weighted by Crippen LogP contribution is -2.40. The van der Waals surface area contributed by atoms with Gasteiger partial charge in [0, 0.05) is 12.6 Å². The van der Waals surface area contributed by atoms with Gasteiger partial charge in [0.1, 0.15) is 10.6 Å². The Kier molecular flexibility index (Phi) is 6.67. The predicted octanol–water partition coefficient (Wildman–Crippen LogP) is 3.67. The highest BCUT2D eigenvalue weighted by Crippen LogP contribution is 2.32. The number of nitrogens with zero attached hydrogens (tertiary/aromatic N) is 2. The fourth-order valence-electron chi connectivity index (χ4n) is 4.74. The lowest BCUT2D eigenvalue weighted by atomic mass is 9.86. The number of carbonyl (C=O) groups is 1. The molecular weight excluding hydrogens is 424 g/mol. The van der Waals surface area contributed by atoms with Crippen LogP contribution in [0.15, 0.2) is 59.5 Å². The van der Waals surface area contributed by atoms with Crippen molar-refractivity contribution in [3.63, 3.8) is 0 Å². The summed E-state index contributed by atoms with van der Waals surface area (Å²) < 4.78 is 31.9. The summed E-state index contributed by atoms with van der Waals surface area (Å²) in [6.45, 7) is 3.90. The zero-order valence-corrected chi connectivity index (χ0v) is 19.5. The zero-order chi connectivity index (χ0) is 22.7. The second-order valence-corrected chi connectivity index (χ2v) is 10.1. The van der Waals surface area contributed by atoms with E-state index in [0.717, 1.165) is 48.8 Å². The maximum Gasteiger partial charge on any atom is 0.269 e. The van der Waals surface area contributed by atoms with Crippen molar-refractivity contribution in [3.05, 3.63) is 71.3 Å². The summed E-state index contributed by atoms with van der Waals surface area (Å²) >= 11 is 0. The molecule has 0 radical (unpaired) electrons. The first kappa shape index (κ1) is 22.6. The molecule has 2 aliphatic rings. The third kappa shape index (κ3) is 4.19. The fourth-order valence-corrected chi connectivity index (χ4v) is 6.26. The molecule has 7 heteroatoms. The molecule has 1 heterocycles. The van der Waals surface area contributed by atoms with Crippen molar-refractivity contribution in [1.29, 1.82) is 0 Å². The maximum atomic E-state index is 12.7. The van der Waals surface area contributed by atoms with E-state index in [-0.39, 0.29) is 17.0 Å². The number of carbonyl (C=O) groups excluding carboxylic acids is 1. The van der Waals surface area contributed by atoms with Crippen molar-refractivity contribution in [2.75, 3.05) is 26.7 Å². The number of hydrogen-bond donors (Lipinski definition) is 0. The third-order valence-corrected chi connectivity index (χ3v) is 8.16. The Balaban J connectivity index is 1.42. The van der Waals surface area contributed by atoms with Crippen molar-refractivity contribution < 1.29 is 17.9 Å². The van der Waals surface area contributed by atoms with Crippen molar-refractivity contribution in [1.82, 2.24) is 9.21 Å². The number of methoxy groups -OCH3 is 1. The molecular formula is C25H30N2O4S. The summed E-state index contributed by atoms with van der Waals surface area (Å²) in [5, 5.41) is 0. The number of amides is 1. The van der Waals surface area contributed by atoms with Crippen LogP contribution in [-0.4, -0.2) is 56.3 Å². The molecule has 32 heavy (non-hydrogen) atoms. The van der Waals surface area contributed by atoms with Crippen LogP contribution in [0, 0.1) is 0 Å². The van der Waals surface area contributed by atoms with E-state index in [4.69, 9.17) is 4.74 Å². The summed E-state index contributed by atoms with van der Waals surface area (Å²) in [7, 11) is -2.04. The van der Waals surface area contributed by atoms with Crippen LogP contribution in [0.25, 0.3) is 0 Å². The van der Waals surface area contributed by atoms with Crippen LogP contribution in [0.1, 0.15) is 41.3 Å². The average Bonchev–Trinajstić information content (AvgIpc) is 3.00. The number of rotatable bonds is 8. The van der Waals surface area contributed by atoms with E-state index in [9.17, 15) is 13.2 Å². The summed E-state index contributed by atoms with van der Waals surface area (Å²) in [6, 6.07) is 13.1. The Morgan fingerprint density at radius 3 is 2.72 bits per heavy atom. The van der Waals surface area contributed by atoms with E-state index in [1.807, 2.05) is 12.1 Å². The Morgan fingerprint density at radius 1 is 1.16 bits per heavy atom. The van der Waals surface area contributed by atoms with Gasteiger partial charge in [-0.25, -0.2) is 12.7 Å². The topological polar surface area (TPSA) is 66.9 Å². The van der Waals surface area contributed by atoms with Crippen LogP contribution >= 0.6 is 0 Å². The Labute approximate surface area is 190 Å². The SMILES string of the molecule is CCCN(C/C=C/CN1C(=O)c2ccccc2S1(=O)=O)C1CCc2cccc(OC)c2C1. The lowest BCUT2D eigenvalue weighted by molar-refractivity contribution is 0.0880. The van der Waals surface area contributed by atoms with Crippen molar-refractivity contribution in [3.8, 4) is 5.75 Å². The minimum absolute atomic E-state index is 0.0527. The molecule has 2 aromatic rings. The number of aryl methyl sites for hydroxylation is 1. The molecule has 0 saturated carbocycles. The van der Waals surface area contributed by atoms with E-state index < -0.39 is 15.9 Å². The van der Waals surface area contributed by atoms with Crippen LogP contribution < -0.4 is 4.74 Å². The zero-order valence-electron chi connectivity index (χ0n) is 18.7. The van der Waals surface area contributed by atoms with E-state index >= 15 is 0 Å². The van der Waals surface area contributed by atoms with Gasteiger partial charge in [-0.15, -0.1) is 0 Å². The molecule has 0 aromatic heterocycles. The molecule has 1 aliphatic heterocycles. The van der Waals surface area contributed by atoms with Gasteiger partial charge in [0.2, 0.25) is 0 Å². The quantitative estimate of drug-likeness (QED) is 0.570. The van der Waals surface area contributed by atoms with Crippen LogP contribution in [0.5, 0.6) is 5.75 Å². The third-order valence-electron chi connectivity index (χ3n) is 6.35. The summed E-state index contributed by atoms with van der Waals surface area (Å²) in [6.07, 6.45) is 7.88. The van der Waals surface area contributed by atoms with Crippen LogP contribution in [0.2, 0.25) is 0 Å². The second-order valence-electron chi connectivity index (χ2n) is 8.30. The van der Waals surface area contributed by atoms with Crippen molar-refractivity contribution in [2.45, 2.75) is 43.5 Å². The minimum Gasteiger partial charge on any atom is -0.496 e. The Morgan fingerprint density at radius 2 is 1.97 bits per heavy atom. The largest absolute Gasteiger partial charge is 0.496 e. The molecule has 0 fully saturated rings. The number of benzene rings is 2. The van der Waals surface area contributed by atoms with E-state index in [2.05, 4.69) is 24.0 Å². The van der Waals surface area contributed by atoms with Crippen LogP contribution in [0.4, 0.5) is 0 Å². The fraction of sp³-hybridized carbons (Fsp3) is 0.400. The van der Waals surface area contributed by atoms with Gasteiger partial charge >= 0.3 is 0 Å². The number of ether oxygens (including phenoxy) is 1. The highest BCUT2D eigenvalue weighted by Gasteiger charge is 2.40. The molecule has 170 valence electrons. The monoisotopic (exact) mass is 454 g/mol. The van der Waals surface area contributed by atoms with Gasteiger partial charge in [0.25, 0.3) is 15.9 Å². The van der Waals surface area contributed by atoms with Gasteiger partial charge in [0.05, 0.1) is 19.2 Å². The minimum atomic E-state index is -3.76.